The SMILES string of the molecule is COc1cc2c3cc(c(OC)cc3n1)C=CCC(C)(C)COC(=O)N[C@H]1CCCCCC=C[C@@H]3C[C@@]3(C(=O)NS(=O)(=O)C3CC3)NC(=O)[C@@H]3C[C@H](CN3C1=O)O2. The van der Waals surface area contributed by atoms with Crippen LogP contribution in [-0.2, 0) is 29.1 Å². The lowest BCUT2D eigenvalue weighted by atomic mass is 9.90. The minimum atomic E-state index is -3.90. The average Bonchev–Trinajstić information content (AvgIpc) is 4.09. The average molecular weight is 794 g/mol. The number of nitrogens with one attached hydrogen (secondary N) is 3. The topological polar surface area (TPSA) is 192 Å². The van der Waals surface area contributed by atoms with Crippen molar-refractivity contribution in [2.45, 2.75) is 107 Å². The first-order valence-corrected chi connectivity index (χ1v) is 20.9. The molecule has 56 heavy (non-hydrogen) atoms. The van der Waals surface area contributed by atoms with Crippen LogP contribution in [0.25, 0.3) is 17.0 Å². The molecule has 5 bridgehead atoms. The first kappa shape index (κ1) is 39.4. The van der Waals surface area contributed by atoms with Crippen LogP contribution in [0.2, 0.25) is 0 Å². The van der Waals surface area contributed by atoms with E-state index in [2.05, 4.69) is 20.3 Å². The summed E-state index contributed by atoms with van der Waals surface area (Å²) in [6.07, 6.45) is 11.2. The number of benzene rings is 1. The number of aromatic nitrogens is 1. The maximum absolute atomic E-state index is 14.6. The largest absolute Gasteiger partial charge is 0.496 e. The molecule has 2 aliphatic carbocycles. The van der Waals surface area contributed by atoms with Crippen molar-refractivity contribution < 1.29 is 46.5 Å². The van der Waals surface area contributed by atoms with Crippen LogP contribution < -0.4 is 29.6 Å². The fourth-order valence-electron chi connectivity index (χ4n) is 7.76. The second kappa shape index (κ2) is 15.6. The highest BCUT2D eigenvalue weighted by Gasteiger charge is 2.62. The zero-order valence-corrected chi connectivity index (χ0v) is 33.1. The van der Waals surface area contributed by atoms with Crippen LogP contribution in [0.15, 0.2) is 36.4 Å². The van der Waals surface area contributed by atoms with Crippen molar-refractivity contribution in [3.8, 4) is 17.4 Å². The van der Waals surface area contributed by atoms with Gasteiger partial charge in [-0.05, 0) is 51.0 Å². The van der Waals surface area contributed by atoms with Crippen molar-refractivity contribution in [3.63, 3.8) is 0 Å². The van der Waals surface area contributed by atoms with Crippen LogP contribution in [0, 0.1) is 11.3 Å². The Bertz CT molecular complexity index is 2060. The van der Waals surface area contributed by atoms with Gasteiger partial charge < -0.3 is 34.5 Å². The van der Waals surface area contributed by atoms with E-state index in [1.165, 1.54) is 12.0 Å². The molecule has 5 aliphatic rings. The van der Waals surface area contributed by atoms with Gasteiger partial charge in [-0.2, -0.15) is 0 Å². The van der Waals surface area contributed by atoms with Crippen molar-refractivity contribution in [1.82, 2.24) is 25.2 Å². The van der Waals surface area contributed by atoms with E-state index in [9.17, 15) is 27.6 Å². The summed E-state index contributed by atoms with van der Waals surface area (Å²) in [6.45, 7) is 3.99. The highest BCUT2D eigenvalue weighted by atomic mass is 32.2. The number of ether oxygens (including phenoxy) is 4. The number of nitrogens with zero attached hydrogens (tertiary/aromatic N) is 2. The first-order chi connectivity index (χ1) is 26.7. The predicted molar refractivity (Wildman–Crippen MR) is 206 cm³/mol. The van der Waals surface area contributed by atoms with Crippen molar-refractivity contribution >= 4 is 50.8 Å². The smallest absolute Gasteiger partial charge is 0.407 e. The van der Waals surface area contributed by atoms with Gasteiger partial charge in [-0.3, -0.25) is 19.1 Å². The van der Waals surface area contributed by atoms with Crippen LogP contribution in [0.3, 0.4) is 0 Å². The van der Waals surface area contributed by atoms with E-state index in [-0.39, 0.29) is 31.9 Å². The van der Waals surface area contributed by atoms with E-state index < -0.39 is 74.1 Å². The van der Waals surface area contributed by atoms with Crippen molar-refractivity contribution in [2.75, 3.05) is 27.4 Å². The number of alkyl carbamates (subject to hydrolysis) is 1. The fourth-order valence-corrected chi connectivity index (χ4v) is 9.13. The minimum Gasteiger partial charge on any atom is -0.496 e. The van der Waals surface area contributed by atoms with Gasteiger partial charge in [0.05, 0.1) is 38.1 Å². The second-order valence-corrected chi connectivity index (χ2v) is 18.3. The number of allylic oxidation sites excluding steroid dienone is 2. The molecule has 3 N–H and O–H groups in total. The third-order valence-electron chi connectivity index (χ3n) is 11.3. The highest BCUT2D eigenvalue weighted by molar-refractivity contribution is 7.91. The van der Waals surface area contributed by atoms with Crippen LogP contribution in [-0.4, -0.2) is 98.5 Å². The van der Waals surface area contributed by atoms with E-state index in [1.807, 2.05) is 44.2 Å². The molecule has 15 nitrogen and oxygen atoms in total. The molecule has 3 fully saturated rings. The number of methoxy groups -OCH3 is 2. The molecule has 4 heterocycles. The molecule has 7 rings (SSSR count). The minimum absolute atomic E-state index is 0.0230. The lowest BCUT2D eigenvalue weighted by Gasteiger charge is -2.30. The summed E-state index contributed by atoms with van der Waals surface area (Å²) in [4.78, 5) is 62.2. The van der Waals surface area contributed by atoms with Crippen LogP contribution in [0.5, 0.6) is 17.4 Å². The molecule has 1 saturated heterocycles. The molecule has 1 aromatic carbocycles. The summed E-state index contributed by atoms with van der Waals surface area (Å²) in [6, 6.07) is 3.21. The quantitative estimate of drug-likeness (QED) is 0.369. The van der Waals surface area contributed by atoms with Gasteiger partial charge in [0, 0.05) is 40.8 Å². The normalized spacial score (nSPS) is 28.4. The molecule has 5 atom stereocenters. The maximum Gasteiger partial charge on any atom is 0.407 e. The predicted octanol–water partition coefficient (Wildman–Crippen LogP) is 4.14. The number of carbonyl (C=O) groups excluding carboxylic acids is 4. The number of fused-ring (bicyclic) bond motifs is 4. The Morgan fingerprint density at radius 3 is 2.59 bits per heavy atom. The van der Waals surface area contributed by atoms with Crippen LogP contribution in [0.4, 0.5) is 4.79 Å². The highest BCUT2D eigenvalue weighted by Crippen LogP contribution is 2.46. The molecule has 2 aromatic rings. The Morgan fingerprint density at radius 1 is 1.04 bits per heavy atom. The van der Waals surface area contributed by atoms with Crippen molar-refractivity contribution in [1.29, 1.82) is 0 Å². The molecule has 4 amide bonds. The summed E-state index contributed by atoms with van der Waals surface area (Å²) in [5.74, 6) is -1.08. The van der Waals surface area contributed by atoms with Crippen molar-refractivity contribution in [3.05, 3.63) is 42.0 Å². The molecule has 16 heteroatoms. The van der Waals surface area contributed by atoms with Gasteiger partial charge in [0.2, 0.25) is 27.7 Å². The molecule has 1 aromatic heterocycles. The second-order valence-electron chi connectivity index (χ2n) is 16.3. The molecule has 0 radical (unpaired) electrons. The Kier molecular flexibility index (Phi) is 11.0. The van der Waals surface area contributed by atoms with Gasteiger partial charge in [0.1, 0.15) is 35.2 Å². The lowest BCUT2D eigenvalue weighted by molar-refractivity contribution is -0.141. The van der Waals surface area contributed by atoms with E-state index in [0.29, 0.717) is 60.9 Å². The molecule has 3 aliphatic heterocycles. The number of hydrogen-bond acceptors (Lipinski definition) is 11. The van der Waals surface area contributed by atoms with E-state index in [0.717, 1.165) is 18.4 Å². The van der Waals surface area contributed by atoms with Gasteiger partial charge >= 0.3 is 6.09 Å². The number of hydrogen-bond donors (Lipinski definition) is 3. The first-order valence-electron chi connectivity index (χ1n) is 19.4. The molecule has 0 unspecified atom stereocenters. The van der Waals surface area contributed by atoms with Gasteiger partial charge in [-0.25, -0.2) is 18.2 Å². The Morgan fingerprint density at radius 2 is 1.84 bits per heavy atom. The number of carbonyl (C=O) groups is 4. The van der Waals surface area contributed by atoms with Crippen LogP contribution >= 0.6 is 0 Å². The van der Waals surface area contributed by atoms with Crippen molar-refractivity contribution in [2.24, 2.45) is 11.3 Å². The number of pyridine rings is 1. The molecule has 302 valence electrons. The van der Waals surface area contributed by atoms with Crippen LogP contribution in [0.1, 0.15) is 83.6 Å². The number of rotatable bonds is 5. The van der Waals surface area contributed by atoms with E-state index in [1.54, 1.807) is 19.2 Å². The zero-order chi connectivity index (χ0) is 39.8. The summed E-state index contributed by atoms with van der Waals surface area (Å²) >= 11 is 0. The molecule has 0 spiro atoms. The van der Waals surface area contributed by atoms with E-state index in [4.69, 9.17) is 18.9 Å². The third-order valence-corrected chi connectivity index (χ3v) is 13.1. The summed E-state index contributed by atoms with van der Waals surface area (Å²) < 4.78 is 51.6. The molecular formula is C40H51N5O10S. The molecule has 2 saturated carbocycles. The summed E-state index contributed by atoms with van der Waals surface area (Å²) in [7, 11) is -0.839. The molecular weight excluding hydrogens is 743 g/mol. The summed E-state index contributed by atoms with van der Waals surface area (Å²) in [5.41, 5.74) is -0.674. The number of amides is 4. The Labute approximate surface area is 327 Å². The summed E-state index contributed by atoms with van der Waals surface area (Å²) in [5, 5.41) is 5.70. The van der Waals surface area contributed by atoms with Gasteiger partial charge in [0.25, 0.3) is 5.91 Å². The monoisotopic (exact) mass is 793 g/mol. The number of sulfonamides is 1. The van der Waals surface area contributed by atoms with E-state index >= 15 is 0 Å². The third kappa shape index (κ3) is 8.44. The zero-order valence-electron chi connectivity index (χ0n) is 32.3. The fraction of sp³-hybridized carbons (Fsp3) is 0.575. The Hall–Kier alpha value is -4.86. The number of cyclic esters (lactones) is 1. The lowest BCUT2D eigenvalue weighted by Crippen LogP contribution is -2.58. The standard InChI is InChI=1S/C40H51N5O10S/c1-39(2)16-10-11-24-17-28-30(19-32(24)52-3)41-34(53-4)20-33(28)55-26-18-31-35(46)43-40(37(48)44-56(50,51)27-14-15-27)21-25(40)12-8-6-5-7-9-13-29(36(47)45(31)22-26)42-38(49)54-23-39/h8,10-12,17,19-20,25-27,29,31H,5-7,9,13-16,18,21-23H2,1-4H3,(H,42,49)(H,43,46)(H,44,48)/t25-,26-,29+,31+,40-/m1/s1. The maximum atomic E-state index is 14.6. The van der Waals surface area contributed by atoms with Gasteiger partial charge in [-0.1, -0.05) is 51.0 Å². The van der Waals surface area contributed by atoms with Gasteiger partial charge in [0.15, 0.2) is 0 Å². The Balaban J connectivity index is 1.28. The van der Waals surface area contributed by atoms with Gasteiger partial charge in [-0.15, -0.1) is 0 Å².